The molecule has 0 bridgehead atoms. The Morgan fingerprint density at radius 2 is 1.69 bits per heavy atom. The van der Waals surface area contributed by atoms with E-state index in [4.69, 9.17) is 16.3 Å². The molecule has 0 aliphatic rings. The molecule has 0 saturated carbocycles. The second-order valence-electron chi connectivity index (χ2n) is 3.57. The van der Waals surface area contributed by atoms with Crippen LogP contribution in [-0.4, -0.2) is 17.8 Å². The van der Waals surface area contributed by atoms with Crippen molar-refractivity contribution in [1.82, 2.24) is 0 Å². The van der Waals surface area contributed by atoms with Crippen LogP contribution in [0, 0.1) is 0 Å². The highest BCUT2D eigenvalue weighted by Gasteiger charge is 1.97. The Morgan fingerprint density at radius 1 is 1.06 bits per heavy atom. The van der Waals surface area contributed by atoms with E-state index in [1.165, 1.54) is 25.7 Å². The molecule has 0 fully saturated rings. The molecule has 0 rings (SSSR count). The van der Waals surface area contributed by atoms with Gasteiger partial charge >= 0.3 is 5.97 Å². The van der Waals surface area contributed by atoms with E-state index >= 15 is 0 Å². The van der Waals surface area contributed by atoms with E-state index in [1.807, 2.05) is 0 Å². The number of rotatable bonds is 9. The highest BCUT2D eigenvalue weighted by Crippen LogP contribution is 2.04. The first-order valence-corrected chi connectivity index (χ1v) is 6.09. The SMILES string of the molecule is CCCCCCCCOC(=O)/C=C/C(=O)Cl. The minimum Gasteiger partial charge on any atom is -0.463 e. The van der Waals surface area contributed by atoms with Gasteiger partial charge in [-0.15, -0.1) is 0 Å². The highest BCUT2D eigenvalue weighted by molar-refractivity contribution is 6.66. The Morgan fingerprint density at radius 3 is 2.31 bits per heavy atom. The maximum atomic E-state index is 11.0. The fourth-order valence-corrected chi connectivity index (χ4v) is 1.30. The monoisotopic (exact) mass is 246 g/mol. The molecule has 0 aliphatic carbocycles. The van der Waals surface area contributed by atoms with Crippen molar-refractivity contribution in [3.63, 3.8) is 0 Å². The fourth-order valence-electron chi connectivity index (χ4n) is 1.24. The quantitative estimate of drug-likeness (QED) is 0.272. The van der Waals surface area contributed by atoms with E-state index in [-0.39, 0.29) is 0 Å². The molecule has 16 heavy (non-hydrogen) atoms. The van der Waals surface area contributed by atoms with Gasteiger partial charge < -0.3 is 4.74 Å². The maximum Gasteiger partial charge on any atom is 0.330 e. The molecule has 92 valence electrons. The lowest BCUT2D eigenvalue weighted by Crippen LogP contribution is -2.02. The van der Waals surface area contributed by atoms with Crippen molar-refractivity contribution in [2.75, 3.05) is 6.61 Å². The summed E-state index contributed by atoms with van der Waals surface area (Å²) < 4.78 is 4.86. The zero-order valence-corrected chi connectivity index (χ0v) is 10.5. The molecular weight excluding hydrogens is 228 g/mol. The van der Waals surface area contributed by atoms with Crippen LogP contribution in [-0.2, 0) is 14.3 Å². The van der Waals surface area contributed by atoms with E-state index in [0.717, 1.165) is 25.0 Å². The Kier molecular flexibility index (Phi) is 10.1. The summed E-state index contributed by atoms with van der Waals surface area (Å²) in [6.45, 7) is 2.58. The summed E-state index contributed by atoms with van der Waals surface area (Å²) in [7, 11) is 0. The van der Waals surface area contributed by atoms with Crippen molar-refractivity contribution < 1.29 is 14.3 Å². The van der Waals surface area contributed by atoms with Crippen LogP contribution < -0.4 is 0 Å². The van der Waals surface area contributed by atoms with Gasteiger partial charge in [-0.1, -0.05) is 39.0 Å². The zero-order valence-electron chi connectivity index (χ0n) is 9.71. The number of unbranched alkanes of at least 4 members (excludes halogenated alkanes) is 5. The van der Waals surface area contributed by atoms with Gasteiger partial charge in [0.1, 0.15) is 0 Å². The lowest BCUT2D eigenvalue weighted by molar-refractivity contribution is -0.138. The average molecular weight is 247 g/mol. The smallest absolute Gasteiger partial charge is 0.330 e. The Hall–Kier alpha value is -0.830. The van der Waals surface area contributed by atoms with Crippen LogP contribution in [0.3, 0.4) is 0 Å². The predicted octanol–water partition coefficient (Wildman–Crippen LogP) is 3.21. The first kappa shape index (κ1) is 15.2. The second kappa shape index (κ2) is 10.7. The van der Waals surface area contributed by atoms with E-state index in [1.54, 1.807) is 0 Å². The summed E-state index contributed by atoms with van der Waals surface area (Å²) in [6, 6.07) is 0. The topological polar surface area (TPSA) is 43.4 Å². The first-order valence-electron chi connectivity index (χ1n) is 5.71. The van der Waals surface area contributed by atoms with E-state index in [9.17, 15) is 9.59 Å². The molecule has 0 atom stereocenters. The van der Waals surface area contributed by atoms with Gasteiger partial charge in [0, 0.05) is 12.2 Å². The minimum atomic E-state index is -0.670. The lowest BCUT2D eigenvalue weighted by Gasteiger charge is -2.01. The fraction of sp³-hybridized carbons (Fsp3) is 0.667. The summed E-state index contributed by atoms with van der Waals surface area (Å²) in [4.78, 5) is 21.3. The van der Waals surface area contributed by atoms with Crippen LogP contribution in [0.1, 0.15) is 45.4 Å². The van der Waals surface area contributed by atoms with Gasteiger partial charge in [0.15, 0.2) is 0 Å². The minimum absolute atomic E-state index is 0.409. The van der Waals surface area contributed by atoms with Crippen LogP contribution in [0.4, 0.5) is 0 Å². The Bertz CT molecular complexity index is 236. The third-order valence-corrected chi connectivity index (χ3v) is 2.22. The molecule has 3 nitrogen and oxygen atoms in total. The molecule has 0 amide bonds. The van der Waals surface area contributed by atoms with Crippen molar-refractivity contribution in [2.24, 2.45) is 0 Å². The van der Waals surface area contributed by atoms with Crippen LogP contribution in [0.25, 0.3) is 0 Å². The van der Waals surface area contributed by atoms with Crippen molar-refractivity contribution >= 4 is 22.8 Å². The molecule has 0 heterocycles. The Labute approximate surface area is 102 Å². The van der Waals surface area contributed by atoms with Gasteiger partial charge in [-0.25, -0.2) is 4.79 Å². The summed E-state index contributed by atoms with van der Waals surface area (Å²) in [5.41, 5.74) is 0. The van der Waals surface area contributed by atoms with Crippen molar-refractivity contribution in [1.29, 1.82) is 0 Å². The second-order valence-corrected chi connectivity index (χ2v) is 3.95. The largest absolute Gasteiger partial charge is 0.463 e. The standard InChI is InChI=1S/C12H19ClO3/c1-2-3-4-5-6-7-10-16-12(15)9-8-11(13)14/h8-9H,2-7,10H2,1H3/b9-8+. The van der Waals surface area contributed by atoms with Gasteiger partial charge in [0.05, 0.1) is 6.61 Å². The van der Waals surface area contributed by atoms with Crippen LogP contribution in [0.15, 0.2) is 12.2 Å². The van der Waals surface area contributed by atoms with E-state index < -0.39 is 11.2 Å². The van der Waals surface area contributed by atoms with Gasteiger partial charge in [0.2, 0.25) is 5.24 Å². The third kappa shape index (κ3) is 11.2. The van der Waals surface area contributed by atoms with Gasteiger partial charge in [-0.2, -0.15) is 0 Å². The number of halogens is 1. The van der Waals surface area contributed by atoms with Crippen molar-refractivity contribution in [3.05, 3.63) is 12.2 Å². The van der Waals surface area contributed by atoms with Crippen molar-refractivity contribution in [3.8, 4) is 0 Å². The number of hydrogen-bond acceptors (Lipinski definition) is 3. The van der Waals surface area contributed by atoms with Crippen LogP contribution in [0.5, 0.6) is 0 Å². The molecule has 0 unspecified atom stereocenters. The molecule has 0 aromatic heterocycles. The summed E-state index contributed by atoms with van der Waals surface area (Å²) in [5, 5.41) is -0.670. The molecule has 0 saturated heterocycles. The summed E-state index contributed by atoms with van der Waals surface area (Å²) in [5.74, 6) is -0.512. The molecule has 0 aliphatic heterocycles. The third-order valence-electron chi connectivity index (χ3n) is 2.09. The van der Waals surface area contributed by atoms with Gasteiger partial charge in [0.25, 0.3) is 0 Å². The predicted molar refractivity (Wildman–Crippen MR) is 64.3 cm³/mol. The van der Waals surface area contributed by atoms with E-state index in [2.05, 4.69) is 6.92 Å². The molecular formula is C12H19ClO3. The number of hydrogen-bond donors (Lipinski definition) is 0. The molecule has 0 aromatic rings. The number of allylic oxidation sites excluding steroid dienone is 1. The molecule has 0 spiro atoms. The molecule has 0 radical (unpaired) electrons. The van der Waals surface area contributed by atoms with Gasteiger partial charge in [-0.05, 0) is 18.0 Å². The molecule has 0 aromatic carbocycles. The molecule has 0 N–H and O–H groups in total. The Balaban J connectivity index is 3.31. The van der Waals surface area contributed by atoms with Crippen molar-refractivity contribution in [2.45, 2.75) is 45.4 Å². The van der Waals surface area contributed by atoms with E-state index in [0.29, 0.717) is 6.61 Å². The molecule has 4 heteroatoms. The highest BCUT2D eigenvalue weighted by atomic mass is 35.5. The van der Waals surface area contributed by atoms with Crippen LogP contribution in [0.2, 0.25) is 0 Å². The van der Waals surface area contributed by atoms with Crippen LogP contribution >= 0.6 is 11.6 Å². The zero-order chi connectivity index (χ0) is 12.2. The maximum absolute atomic E-state index is 11.0. The summed E-state index contributed by atoms with van der Waals surface area (Å²) in [6.07, 6.45) is 8.90. The first-order chi connectivity index (χ1) is 7.66. The number of carbonyl (C=O) groups excluding carboxylic acids is 2. The number of carbonyl (C=O) groups is 2. The average Bonchev–Trinajstić information content (AvgIpc) is 2.25. The number of esters is 1. The number of ether oxygens (including phenoxy) is 1. The normalized spacial score (nSPS) is 10.6. The van der Waals surface area contributed by atoms with Gasteiger partial charge in [-0.3, -0.25) is 4.79 Å². The lowest BCUT2D eigenvalue weighted by atomic mass is 10.1. The summed E-state index contributed by atoms with van der Waals surface area (Å²) >= 11 is 5.02.